The van der Waals surface area contributed by atoms with Crippen molar-refractivity contribution in [2.75, 3.05) is 25.5 Å². The van der Waals surface area contributed by atoms with Gasteiger partial charge < -0.3 is 20.1 Å². The Morgan fingerprint density at radius 1 is 1.38 bits per heavy atom. The van der Waals surface area contributed by atoms with Crippen LogP contribution in [-0.4, -0.2) is 42.7 Å². The van der Waals surface area contributed by atoms with Crippen molar-refractivity contribution in [1.29, 1.82) is 0 Å². The average Bonchev–Trinajstić information content (AvgIpc) is 2.52. The van der Waals surface area contributed by atoms with Gasteiger partial charge in [-0.05, 0) is 25.0 Å². The third-order valence-corrected chi connectivity index (χ3v) is 4.27. The Labute approximate surface area is 125 Å². The third-order valence-electron chi connectivity index (χ3n) is 4.27. The Morgan fingerprint density at radius 3 is 3.10 bits per heavy atom. The zero-order valence-corrected chi connectivity index (χ0v) is 12.2. The monoisotopic (exact) mass is 290 g/mol. The molecule has 2 N–H and O–H groups in total. The van der Waals surface area contributed by atoms with Crippen LogP contribution >= 0.6 is 0 Å². The molecule has 114 valence electrons. The highest BCUT2D eigenvalue weighted by Gasteiger charge is 2.36. The van der Waals surface area contributed by atoms with Gasteiger partial charge >= 0.3 is 0 Å². The van der Waals surface area contributed by atoms with Crippen LogP contribution in [-0.2, 0) is 9.53 Å². The molecule has 1 saturated carbocycles. The molecule has 2 unspecified atom stereocenters. The molecule has 2 fully saturated rings. The first-order chi connectivity index (χ1) is 10.2. The van der Waals surface area contributed by atoms with E-state index in [1.54, 1.807) is 12.1 Å². The number of nitrogen functional groups attached to an aromatic ring is 1. The molecule has 1 aromatic carbocycles. The van der Waals surface area contributed by atoms with Crippen LogP contribution in [0.15, 0.2) is 24.3 Å². The molecular weight excluding hydrogens is 268 g/mol. The normalized spacial score (nSPS) is 25.2. The molecule has 21 heavy (non-hydrogen) atoms. The van der Waals surface area contributed by atoms with E-state index >= 15 is 0 Å². The van der Waals surface area contributed by atoms with Crippen molar-refractivity contribution in [3.05, 3.63) is 24.3 Å². The Balaban J connectivity index is 1.59. The summed E-state index contributed by atoms with van der Waals surface area (Å²) >= 11 is 0. The predicted molar refractivity (Wildman–Crippen MR) is 80.1 cm³/mol. The van der Waals surface area contributed by atoms with Gasteiger partial charge in [0.05, 0.1) is 18.8 Å². The standard InChI is InChI=1S/C16H22N2O3/c17-12-4-3-5-13(10-12)21-11-16(19)18-8-9-20-15-7-2-1-6-14(15)18/h3-5,10,14-15H,1-2,6-9,11,17H2. The SMILES string of the molecule is Nc1cccc(OCC(=O)N2CCOC3CCCCC32)c1. The van der Waals surface area contributed by atoms with Gasteiger partial charge in [-0.2, -0.15) is 0 Å². The van der Waals surface area contributed by atoms with Crippen LogP contribution in [0.2, 0.25) is 0 Å². The summed E-state index contributed by atoms with van der Waals surface area (Å²) < 4.78 is 11.4. The molecule has 1 aromatic rings. The van der Waals surface area contributed by atoms with Crippen LogP contribution in [0.25, 0.3) is 0 Å². The van der Waals surface area contributed by atoms with Gasteiger partial charge in [0.1, 0.15) is 5.75 Å². The molecular formula is C16H22N2O3. The highest BCUT2D eigenvalue weighted by Crippen LogP contribution is 2.28. The number of amides is 1. The van der Waals surface area contributed by atoms with Crippen molar-refractivity contribution >= 4 is 11.6 Å². The number of benzene rings is 1. The molecule has 1 amide bonds. The van der Waals surface area contributed by atoms with Crippen molar-refractivity contribution < 1.29 is 14.3 Å². The Kier molecular flexibility index (Phi) is 4.29. The number of ether oxygens (including phenoxy) is 2. The molecule has 2 aliphatic rings. The lowest BCUT2D eigenvalue weighted by Gasteiger charge is -2.43. The summed E-state index contributed by atoms with van der Waals surface area (Å²) in [5, 5.41) is 0. The highest BCUT2D eigenvalue weighted by molar-refractivity contribution is 5.78. The first-order valence-electron chi connectivity index (χ1n) is 7.63. The maximum Gasteiger partial charge on any atom is 0.260 e. The highest BCUT2D eigenvalue weighted by atomic mass is 16.5. The Bertz CT molecular complexity index is 504. The summed E-state index contributed by atoms with van der Waals surface area (Å²) in [6.45, 7) is 1.36. The second kappa shape index (κ2) is 6.35. The summed E-state index contributed by atoms with van der Waals surface area (Å²) in [4.78, 5) is 14.4. The summed E-state index contributed by atoms with van der Waals surface area (Å²) in [6, 6.07) is 7.39. The molecule has 3 rings (SSSR count). The molecule has 1 aliphatic carbocycles. The molecule has 0 aromatic heterocycles. The van der Waals surface area contributed by atoms with Crippen molar-refractivity contribution in [2.24, 2.45) is 0 Å². The lowest BCUT2D eigenvalue weighted by atomic mass is 9.90. The number of hydrogen-bond donors (Lipinski definition) is 1. The van der Waals surface area contributed by atoms with Gasteiger partial charge in [-0.3, -0.25) is 4.79 Å². The third kappa shape index (κ3) is 3.29. The summed E-state index contributed by atoms with van der Waals surface area (Å²) in [7, 11) is 0. The number of hydrogen-bond acceptors (Lipinski definition) is 4. The summed E-state index contributed by atoms with van der Waals surface area (Å²) in [5.74, 6) is 0.675. The summed E-state index contributed by atoms with van der Waals surface area (Å²) in [6.07, 6.45) is 4.68. The first kappa shape index (κ1) is 14.2. The number of carbonyl (C=O) groups is 1. The van der Waals surface area contributed by atoms with E-state index in [4.69, 9.17) is 15.2 Å². The van der Waals surface area contributed by atoms with Crippen LogP contribution in [0.5, 0.6) is 5.75 Å². The number of nitrogens with zero attached hydrogens (tertiary/aromatic N) is 1. The maximum atomic E-state index is 12.4. The van der Waals surface area contributed by atoms with Crippen molar-refractivity contribution in [1.82, 2.24) is 4.90 Å². The van der Waals surface area contributed by atoms with Crippen LogP contribution in [0.4, 0.5) is 5.69 Å². The van der Waals surface area contributed by atoms with E-state index in [0.29, 0.717) is 24.6 Å². The molecule has 1 heterocycles. The lowest BCUT2D eigenvalue weighted by Crippen LogP contribution is -2.55. The van der Waals surface area contributed by atoms with Crippen molar-refractivity contribution in [3.8, 4) is 5.75 Å². The van der Waals surface area contributed by atoms with Gasteiger partial charge in [0.15, 0.2) is 6.61 Å². The van der Waals surface area contributed by atoms with Gasteiger partial charge in [0, 0.05) is 18.3 Å². The van der Waals surface area contributed by atoms with Gasteiger partial charge in [0.2, 0.25) is 0 Å². The molecule has 5 nitrogen and oxygen atoms in total. The second-order valence-electron chi connectivity index (χ2n) is 5.71. The molecule has 1 saturated heterocycles. The molecule has 0 radical (unpaired) electrons. The fourth-order valence-corrected chi connectivity index (χ4v) is 3.24. The minimum Gasteiger partial charge on any atom is -0.484 e. The Hall–Kier alpha value is -1.75. The van der Waals surface area contributed by atoms with E-state index in [-0.39, 0.29) is 24.7 Å². The van der Waals surface area contributed by atoms with Crippen molar-refractivity contribution in [2.45, 2.75) is 37.8 Å². The quantitative estimate of drug-likeness (QED) is 0.862. The molecule has 0 bridgehead atoms. The van der Waals surface area contributed by atoms with Gasteiger partial charge in [0.25, 0.3) is 5.91 Å². The first-order valence-corrected chi connectivity index (χ1v) is 7.63. The minimum absolute atomic E-state index is 0.0395. The maximum absolute atomic E-state index is 12.4. The van der Waals surface area contributed by atoms with Crippen molar-refractivity contribution in [3.63, 3.8) is 0 Å². The lowest BCUT2D eigenvalue weighted by molar-refractivity contribution is -0.151. The fourth-order valence-electron chi connectivity index (χ4n) is 3.24. The van der Waals surface area contributed by atoms with E-state index in [0.717, 1.165) is 12.8 Å². The van der Waals surface area contributed by atoms with Crippen LogP contribution in [0, 0.1) is 0 Å². The number of nitrogens with two attached hydrogens (primary N) is 1. The zero-order valence-electron chi connectivity index (χ0n) is 12.2. The number of carbonyl (C=O) groups excluding carboxylic acids is 1. The Morgan fingerprint density at radius 2 is 2.24 bits per heavy atom. The topological polar surface area (TPSA) is 64.8 Å². The van der Waals surface area contributed by atoms with Crippen LogP contribution in [0.3, 0.4) is 0 Å². The number of morpholine rings is 1. The zero-order chi connectivity index (χ0) is 14.7. The molecule has 0 spiro atoms. The largest absolute Gasteiger partial charge is 0.484 e. The number of rotatable bonds is 3. The average molecular weight is 290 g/mol. The second-order valence-corrected chi connectivity index (χ2v) is 5.71. The van der Waals surface area contributed by atoms with E-state index in [1.165, 1.54) is 12.8 Å². The molecule has 5 heteroatoms. The van der Waals surface area contributed by atoms with Gasteiger partial charge in [-0.25, -0.2) is 0 Å². The minimum atomic E-state index is 0.0395. The van der Waals surface area contributed by atoms with E-state index in [2.05, 4.69) is 0 Å². The molecule has 2 atom stereocenters. The predicted octanol–water partition coefficient (Wildman–Crippen LogP) is 1.82. The van der Waals surface area contributed by atoms with E-state index in [9.17, 15) is 4.79 Å². The van der Waals surface area contributed by atoms with Crippen LogP contribution in [0.1, 0.15) is 25.7 Å². The number of fused-ring (bicyclic) bond motifs is 1. The van der Waals surface area contributed by atoms with Gasteiger partial charge in [-0.15, -0.1) is 0 Å². The fraction of sp³-hybridized carbons (Fsp3) is 0.562. The molecule has 1 aliphatic heterocycles. The summed E-state index contributed by atoms with van der Waals surface area (Å²) in [5.41, 5.74) is 6.34. The van der Waals surface area contributed by atoms with Gasteiger partial charge in [-0.1, -0.05) is 18.9 Å². The van der Waals surface area contributed by atoms with Crippen LogP contribution < -0.4 is 10.5 Å². The smallest absolute Gasteiger partial charge is 0.260 e. The van der Waals surface area contributed by atoms with E-state index < -0.39 is 0 Å². The van der Waals surface area contributed by atoms with E-state index in [1.807, 2.05) is 17.0 Å². The number of anilines is 1.